The third-order valence-electron chi connectivity index (χ3n) is 6.82. The summed E-state index contributed by atoms with van der Waals surface area (Å²) in [5.41, 5.74) is 3.67. The highest BCUT2D eigenvalue weighted by Gasteiger charge is 2.30. The third-order valence-corrected chi connectivity index (χ3v) is 6.82. The van der Waals surface area contributed by atoms with Crippen molar-refractivity contribution in [3.63, 3.8) is 0 Å². The van der Waals surface area contributed by atoms with Gasteiger partial charge in [-0.15, -0.1) is 0 Å². The molecule has 0 aliphatic carbocycles. The molecule has 1 amide bonds. The summed E-state index contributed by atoms with van der Waals surface area (Å²) in [4.78, 5) is 40.1. The van der Waals surface area contributed by atoms with Crippen molar-refractivity contribution >= 4 is 28.9 Å². The maximum absolute atomic E-state index is 13.7. The van der Waals surface area contributed by atoms with Gasteiger partial charge in [0.1, 0.15) is 22.5 Å². The van der Waals surface area contributed by atoms with Crippen LogP contribution in [0.3, 0.4) is 0 Å². The number of hydrogen-bond donors (Lipinski definition) is 3. The van der Waals surface area contributed by atoms with Crippen molar-refractivity contribution in [2.45, 2.75) is 105 Å². The van der Waals surface area contributed by atoms with Gasteiger partial charge >= 0.3 is 12.1 Å². The molecule has 0 saturated heterocycles. The lowest BCUT2D eigenvalue weighted by Crippen LogP contribution is -2.36. The number of aromatic amines is 1. The minimum absolute atomic E-state index is 0.227. The van der Waals surface area contributed by atoms with Crippen molar-refractivity contribution in [1.29, 1.82) is 0 Å². The molecule has 1 atom stereocenters. The van der Waals surface area contributed by atoms with E-state index >= 15 is 0 Å². The average molecular weight is 644 g/mol. The zero-order valence-corrected chi connectivity index (χ0v) is 29.3. The summed E-state index contributed by atoms with van der Waals surface area (Å²) in [5.74, 6) is 0.157. The second-order valence-corrected chi connectivity index (χ2v) is 14.7. The number of alkyl carbamates (subject to hydrolysis) is 1. The molecule has 0 saturated carbocycles. The highest BCUT2D eigenvalue weighted by molar-refractivity contribution is 5.97. The largest absolute Gasteiger partial charge is 0.456 e. The zero-order chi connectivity index (χ0) is 34.6. The smallest absolute Gasteiger partial charge is 0.408 e. The van der Waals surface area contributed by atoms with E-state index in [1.807, 2.05) is 76.2 Å². The Balaban J connectivity index is 1.79. The van der Waals surface area contributed by atoms with E-state index in [2.05, 4.69) is 36.4 Å². The van der Waals surface area contributed by atoms with E-state index in [1.165, 1.54) is 0 Å². The Bertz CT molecular complexity index is 1690. The predicted octanol–water partition coefficient (Wildman–Crippen LogP) is 8.27. The number of nitrogens with zero attached hydrogens (tertiary/aromatic N) is 2. The molecule has 3 N–H and O–H groups in total. The van der Waals surface area contributed by atoms with Crippen molar-refractivity contribution < 1.29 is 23.8 Å². The molecule has 0 radical (unpaired) electrons. The number of hydrogen-bond acceptors (Lipinski definition) is 8. The fourth-order valence-electron chi connectivity index (χ4n) is 4.95. The van der Waals surface area contributed by atoms with Crippen molar-refractivity contribution in [2.24, 2.45) is 0 Å². The number of anilines is 1. The molecular weight excluding hydrogens is 594 g/mol. The molecule has 10 nitrogen and oxygen atoms in total. The first-order chi connectivity index (χ1) is 21.9. The normalized spacial score (nSPS) is 12.9. The monoisotopic (exact) mass is 643 g/mol. The van der Waals surface area contributed by atoms with Gasteiger partial charge in [0, 0.05) is 23.4 Å². The van der Waals surface area contributed by atoms with Crippen LogP contribution in [-0.2, 0) is 20.8 Å². The van der Waals surface area contributed by atoms with Crippen molar-refractivity contribution in [1.82, 2.24) is 20.3 Å². The molecule has 2 aromatic carbocycles. The number of nitrogens with one attached hydrogen (secondary N) is 3. The molecule has 0 spiro atoms. The first kappa shape index (κ1) is 35.4. The van der Waals surface area contributed by atoms with E-state index in [4.69, 9.17) is 24.2 Å². The van der Waals surface area contributed by atoms with Crippen LogP contribution in [0.2, 0.25) is 0 Å². The number of aromatic nitrogens is 3. The van der Waals surface area contributed by atoms with Crippen molar-refractivity contribution in [2.75, 3.05) is 11.9 Å². The number of fused-ring (bicyclic) bond motifs is 1. The SMILES string of the molecule is Cc1nc2cccc(-c3cc(C(=O)OC(C)(C)C)c(C(CCOCc4ccccc4)NC(=O)OC(C)(C)C)[nH]3)c2nc1NC(C)(C)C. The standard InChI is InChI=1S/C37H49N5O5/c1-23-32(42-35(2,3)4)41-30-25(17-14-18-27(30)38-23)29-21-26(33(43)46-36(5,6)7)31(39-29)28(40-34(44)47-37(8,9)10)19-20-45-22-24-15-12-11-13-16-24/h11-18,21,28,39H,19-20,22H2,1-10H3,(H,40,44)(H,41,42). The maximum atomic E-state index is 13.7. The molecule has 2 heterocycles. The van der Waals surface area contributed by atoms with Gasteiger partial charge in [-0.3, -0.25) is 0 Å². The Morgan fingerprint density at radius 3 is 2.19 bits per heavy atom. The third kappa shape index (κ3) is 10.3. The summed E-state index contributed by atoms with van der Waals surface area (Å²) in [6.45, 7) is 19.7. The van der Waals surface area contributed by atoms with Crippen LogP contribution in [-0.4, -0.2) is 50.4 Å². The Morgan fingerprint density at radius 1 is 0.872 bits per heavy atom. The lowest BCUT2D eigenvalue weighted by molar-refractivity contribution is 0.00655. The first-order valence-electron chi connectivity index (χ1n) is 16.0. The van der Waals surface area contributed by atoms with E-state index < -0.39 is 29.3 Å². The Labute approximate surface area is 278 Å². The molecule has 47 heavy (non-hydrogen) atoms. The minimum atomic E-state index is -0.741. The molecule has 4 aromatic rings. The topological polar surface area (TPSA) is 127 Å². The summed E-state index contributed by atoms with van der Waals surface area (Å²) in [6.07, 6.45) is -0.253. The van der Waals surface area contributed by atoms with Gasteiger partial charge < -0.3 is 29.8 Å². The van der Waals surface area contributed by atoms with Crippen LogP contribution < -0.4 is 10.6 Å². The second kappa shape index (κ2) is 14.1. The molecule has 2 aromatic heterocycles. The Kier molecular flexibility index (Phi) is 10.6. The molecule has 0 aliphatic rings. The number of H-pyrrole nitrogens is 1. The minimum Gasteiger partial charge on any atom is -0.456 e. The lowest BCUT2D eigenvalue weighted by atomic mass is 10.1. The van der Waals surface area contributed by atoms with Gasteiger partial charge in [-0.1, -0.05) is 42.5 Å². The van der Waals surface area contributed by atoms with Crippen LogP contribution in [0, 0.1) is 6.92 Å². The number of aryl methyl sites for hydroxylation is 1. The van der Waals surface area contributed by atoms with Gasteiger partial charge in [-0.05, 0) is 93.4 Å². The van der Waals surface area contributed by atoms with E-state index in [1.54, 1.807) is 26.8 Å². The second-order valence-electron chi connectivity index (χ2n) is 14.7. The van der Waals surface area contributed by atoms with Crippen LogP contribution >= 0.6 is 0 Å². The summed E-state index contributed by atoms with van der Waals surface area (Å²) in [7, 11) is 0. The van der Waals surface area contributed by atoms with Crippen LogP contribution in [0.15, 0.2) is 54.6 Å². The number of benzene rings is 2. The van der Waals surface area contributed by atoms with Gasteiger partial charge in [0.25, 0.3) is 0 Å². The number of carbonyl (C=O) groups is 2. The van der Waals surface area contributed by atoms with E-state index in [0.717, 1.165) is 16.8 Å². The van der Waals surface area contributed by atoms with Crippen LogP contribution in [0.1, 0.15) is 102 Å². The number of para-hydroxylation sites is 1. The number of carbonyl (C=O) groups excluding carboxylic acids is 2. The Hall–Kier alpha value is -4.44. The van der Waals surface area contributed by atoms with E-state index in [0.29, 0.717) is 53.4 Å². The number of esters is 1. The molecule has 0 bridgehead atoms. The van der Waals surface area contributed by atoms with Gasteiger partial charge in [0.2, 0.25) is 0 Å². The molecule has 10 heteroatoms. The first-order valence-corrected chi connectivity index (χ1v) is 16.0. The van der Waals surface area contributed by atoms with E-state index in [-0.39, 0.29) is 5.54 Å². The lowest BCUT2D eigenvalue weighted by Gasteiger charge is -2.25. The molecule has 252 valence electrons. The highest BCUT2D eigenvalue weighted by atomic mass is 16.6. The summed E-state index contributed by atoms with van der Waals surface area (Å²) >= 11 is 0. The maximum Gasteiger partial charge on any atom is 0.408 e. The molecule has 0 fully saturated rings. The zero-order valence-electron chi connectivity index (χ0n) is 29.3. The quantitative estimate of drug-likeness (QED) is 0.116. The van der Waals surface area contributed by atoms with Crippen molar-refractivity contribution in [3.05, 3.63) is 77.1 Å². The molecule has 1 unspecified atom stereocenters. The number of ether oxygens (including phenoxy) is 3. The molecule has 0 aliphatic heterocycles. The summed E-state index contributed by atoms with van der Waals surface area (Å²) in [6, 6.07) is 16.7. The van der Waals surface area contributed by atoms with E-state index in [9.17, 15) is 9.59 Å². The Morgan fingerprint density at radius 2 is 1.55 bits per heavy atom. The van der Waals surface area contributed by atoms with Crippen LogP contribution in [0.5, 0.6) is 0 Å². The number of amides is 1. The van der Waals surface area contributed by atoms with Crippen LogP contribution in [0.25, 0.3) is 22.3 Å². The van der Waals surface area contributed by atoms with Crippen molar-refractivity contribution in [3.8, 4) is 11.3 Å². The number of rotatable bonds is 10. The molecular formula is C37H49N5O5. The predicted molar refractivity (Wildman–Crippen MR) is 185 cm³/mol. The molecule has 4 rings (SSSR count). The average Bonchev–Trinajstić information content (AvgIpc) is 3.38. The fraction of sp³-hybridized carbons (Fsp3) is 0.459. The van der Waals surface area contributed by atoms with Crippen LogP contribution in [0.4, 0.5) is 10.6 Å². The van der Waals surface area contributed by atoms with Gasteiger partial charge in [-0.25, -0.2) is 19.6 Å². The van der Waals surface area contributed by atoms with Gasteiger partial charge in [-0.2, -0.15) is 0 Å². The summed E-state index contributed by atoms with van der Waals surface area (Å²) in [5, 5.41) is 6.42. The van der Waals surface area contributed by atoms with Gasteiger partial charge in [0.15, 0.2) is 0 Å². The van der Waals surface area contributed by atoms with Gasteiger partial charge in [0.05, 0.1) is 35.1 Å². The highest BCUT2D eigenvalue weighted by Crippen LogP contribution is 2.33. The fourth-order valence-corrected chi connectivity index (χ4v) is 4.95. The summed E-state index contributed by atoms with van der Waals surface area (Å²) < 4.78 is 17.5.